The molecule has 8 rings (SSSR count). The summed E-state index contributed by atoms with van der Waals surface area (Å²) in [6.45, 7) is 35.3. The van der Waals surface area contributed by atoms with Gasteiger partial charge in [-0.3, -0.25) is 19.2 Å². The van der Waals surface area contributed by atoms with Crippen LogP contribution in [0.15, 0.2) is 12.2 Å². The summed E-state index contributed by atoms with van der Waals surface area (Å²) in [5, 5.41) is 14.9. The van der Waals surface area contributed by atoms with Crippen molar-refractivity contribution in [3.63, 3.8) is 0 Å². The second-order valence-electron chi connectivity index (χ2n) is 26.6. The predicted molar refractivity (Wildman–Crippen MR) is 245 cm³/mol. The molecule has 0 aromatic heterocycles. The molecule has 0 spiro atoms. The van der Waals surface area contributed by atoms with Crippen LogP contribution in [0.2, 0.25) is 0 Å². The third-order valence-corrected chi connectivity index (χ3v) is 22.3. The lowest BCUT2D eigenvalue weighted by molar-refractivity contribution is -0.269. The Kier molecular flexibility index (Phi) is 10.8. The van der Waals surface area contributed by atoms with Crippen LogP contribution in [0.3, 0.4) is 0 Å². The maximum Gasteiger partial charge on any atom is 0.310 e. The van der Waals surface area contributed by atoms with Crippen molar-refractivity contribution in [2.24, 2.45) is 90.7 Å². The third kappa shape index (κ3) is 6.13. The van der Waals surface area contributed by atoms with Crippen LogP contribution < -0.4 is 5.32 Å². The van der Waals surface area contributed by atoms with Gasteiger partial charge in [-0.05, 0) is 192 Å². The lowest BCUT2D eigenvalue weighted by Gasteiger charge is -2.74. The molecule has 0 unspecified atom stereocenters. The lowest BCUT2D eigenvalue weighted by Crippen LogP contribution is -2.71. The Bertz CT molecular complexity index is 1870. The number of carboxylic acid groups (broad SMARTS) is 1. The molecule has 0 radical (unpaired) electrons. The average Bonchev–Trinajstić information content (AvgIpc) is 3.57. The van der Waals surface area contributed by atoms with E-state index in [1.54, 1.807) is 0 Å². The highest BCUT2D eigenvalue weighted by atomic mass is 16.6. The van der Waals surface area contributed by atoms with Crippen molar-refractivity contribution in [3.05, 3.63) is 12.2 Å². The number of esters is 1. The number of carbonyl (C=O) groups excluding carboxylic acids is 3. The zero-order valence-corrected chi connectivity index (χ0v) is 41.4. The molecule has 0 aromatic rings. The fraction of sp³-hybridized carbons (Fsp3) is 0.889. The Balaban J connectivity index is 1.04. The van der Waals surface area contributed by atoms with Crippen LogP contribution in [-0.2, 0) is 23.9 Å². The maximum absolute atomic E-state index is 15.1. The summed E-state index contributed by atoms with van der Waals surface area (Å²) in [6, 6.07) is 0.0110. The van der Waals surface area contributed by atoms with Gasteiger partial charge in [-0.15, -0.1) is 0 Å². The SMILES string of the molecule is C=C(C)[C@@H]1CC[C@]2(C(=O)N[C@@H]3C[C@H](C(=O)N4CCCCC4)C3(C)C)CC[C@]3(C)[C@H](CC[C@@H]4[C@]5(C)CC[C@H]([C@]6(C(=O)O)C[C@H](C(=O)OC(C)(C)C)C6(C)C)C(C)(C)[C@H]5CC[C@]43C)[C@@H]12. The standard InChI is InChI=1S/C54H86N2O6/c1-32(2)33-20-25-53(44(59)55-40-30-35(47(40,6)7)42(57)56-28-16-15-17-29-56)27-26-51(13)34(41(33)53)18-19-39-50(12)23-21-38(48(8,9)37(50)22-24-52(39,51)14)54(45(60)61)31-36(49(54,10)11)43(58)62-46(3,4)5/h33-41H,1,15-31H2,2-14H3,(H,55,59)(H,60,61)/t33-,34+,35+,36+,37+,38-,39+,40+,41+,50+,51+,52+,53-,54-/m0/s1. The molecule has 0 aromatic carbocycles. The van der Waals surface area contributed by atoms with Crippen molar-refractivity contribution in [2.45, 2.75) is 198 Å². The monoisotopic (exact) mass is 859 g/mol. The summed E-state index contributed by atoms with van der Waals surface area (Å²) in [4.78, 5) is 58.2. The van der Waals surface area contributed by atoms with Crippen LogP contribution >= 0.6 is 0 Å². The summed E-state index contributed by atoms with van der Waals surface area (Å²) in [6.07, 6.45) is 14.7. The molecule has 2 N–H and O–H groups in total. The number of allylic oxidation sites excluding steroid dienone is 1. The van der Waals surface area contributed by atoms with E-state index in [9.17, 15) is 19.5 Å². The topological polar surface area (TPSA) is 113 Å². The minimum atomic E-state index is -0.991. The van der Waals surface area contributed by atoms with Crippen molar-refractivity contribution in [3.8, 4) is 0 Å². The fourth-order valence-corrected chi connectivity index (χ4v) is 18.5. The summed E-state index contributed by atoms with van der Waals surface area (Å²) < 4.78 is 5.87. The van der Waals surface area contributed by atoms with E-state index in [1.165, 1.54) is 12.0 Å². The number of ether oxygens (including phenoxy) is 1. The van der Waals surface area contributed by atoms with Gasteiger partial charge in [0.2, 0.25) is 11.8 Å². The normalized spacial score (nSPS) is 46.3. The van der Waals surface area contributed by atoms with Crippen LogP contribution in [0.25, 0.3) is 0 Å². The highest BCUT2D eigenvalue weighted by Gasteiger charge is 2.77. The van der Waals surface area contributed by atoms with Crippen LogP contribution in [0.1, 0.15) is 186 Å². The van der Waals surface area contributed by atoms with E-state index in [1.807, 2.05) is 34.6 Å². The Morgan fingerprint density at radius 3 is 1.95 bits per heavy atom. The van der Waals surface area contributed by atoms with E-state index < -0.39 is 33.7 Å². The second kappa shape index (κ2) is 14.6. The van der Waals surface area contributed by atoms with Gasteiger partial charge in [0.15, 0.2) is 0 Å². The number of piperidine rings is 1. The molecule has 8 nitrogen and oxygen atoms in total. The molecule has 2 amide bonds. The number of carboxylic acids is 1. The molecular weight excluding hydrogens is 773 g/mol. The molecule has 1 aliphatic heterocycles. The first-order valence-electron chi connectivity index (χ1n) is 25.3. The van der Waals surface area contributed by atoms with Crippen molar-refractivity contribution in [2.75, 3.05) is 13.1 Å². The quantitative estimate of drug-likeness (QED) is 0.195. The van der Waals surface area contributed by atoms with Crippen molar-refractivity contribution >= 4 is 23.8 Å². The molecule has 7 saturated carbocycles. The lowest BCUT2D eigenvalue weighted by atomic mass is 9.29. The number of fused-ring (bicyclic) bond motifs is 7. The number of amides is 2. The Labute approximate surface area is 375 Å². The molecule has 1 saturated heterocycles. The number of hydrogen-bond acceptors (Lipinski definition) is 5. The van der Waals surface area contributed by atoms with Crippen LogP contribution in [-0.4, -0.2) is 58.5 Å². The van der Waals surface area contributed by atoms with Gasteiger partial charge in [-0.25, -0.2) is 0 Å². The summed E-state index contributed by atoms with van der Waals surface area (Å²) >= 11 is 0. The average molecular weight is 859 g/mol. The van der Waals surface area contributed by atoms with E-state index in [-0.39, 0.29) is 62.7 Å². The first kappa shape index (κ1) is 46.2. The number of nitrogens with one attached hydrogen (secondary N) is 1. The molecule has 7 aliphatic carbocycles. The van der Waals surface area contributed by atoms with Crippen molar-refractivity contribution in [1.29, 1.82) is 0 Å². The summed E-state index contributed by atoms with van der Waals surface area (Å²) in [7, 11) is 0. The molecule has 0 bridgehead atoms. The van der Waals surface area contributed by atoms with Crippen molar-refractivity contribution < 1.29 is 29.0 Å². The van der Waals surface area contributed by atoms with Gasteiger partial charge >= 0.3 is 11.9 Å². The maximum atomic E-state index is 15.1. The van der Waals surface area contributed by atoms with E-state index in [4.69, 9.17) is 4.74 Å². The van der Waals surface area contributed by atoms with E-state index in [0.29, 0.717) is 36.0 Å². The number of carbonyl (C=O) groups is 4. The number of hydrogen-bond donors (Lipinski definition) is 2. The zero-order chi connectivity index (χ0) is 45.6. The van der Waals surface area contributed by atoms with Crippen LogP contribution in [0.5, 0.6) is 0 Å². The minimum absolute atomic E-state index is 0.0110. The van der Waals surface area contributed by atoms with Gasteiger partial charge in [-0.1, -0.05) is 74.5 Å². The van der Waals surface area contributed by atoms with E-state index in [2.05, 4.69) is 72.2 Å². The molecule has 348 valence electrons. The molecular formula is C54H86N2O6. The number of aliphatic carboxylic acids is 1. The largest absolute Gasteiger partial charge is 0.481 e. The fourth-order valence-electron chi connectivity index (χ4n) is 18.5. The smallest absolute Gasteiger partial charge is 0.310 e. The molecule has 14 atom stereocenters. The zero-order valence-electron chi connectivity index (χ0n) is 41.4. The van der Waals surface area contributed by atoms with Gasteiger partial charge in [0.25, 0.3) is 0 Å². The summed E-state index contributed by atoms with van der Waals surface area (Å²) in [5.41, 5.74) is -1.79. The highest BCUT2D eigenvalue weighted by molar-refractivity contribution is 5.86. The molecule has 62 heavy (non-hydrogen) atoms. The van der Waals surface area contributed by atoms with Gasteiger partial charge < -0.3 is 20.1 Å². The van der Waals surface area contributed by atoms with Crippen LogP contribution in [0.4, 0.5) is 0 Å². The number of likely N-dealkylation sites (tertiary alicyclic amines) is 1. The Morgan fingerprint density at radius 1 is 0.726 bits per heavy atom. The number of nitrogens with zero attached hydrogens (tertiary/aromatic N) is 1. The second-order valence-corrected chi connectivity index (χ2v) is 26.6. The van der Waals surface area contributed by atoms with Gasteiger partial charge in [0, 0.05) is 25.0 Å². The van der Waals surface area contributed by atoms with Gasteiger partial charge in [-0.2, -0.15) is 0 Å². The van der Waals surface area contributed by atoms with Crippen molar-refractivity contribution in [1.82, 2.24) is 10.2 Å². The predicted octanol–water partition coefficient (Wildman–Crippen LogP) is 11.3. The van der Waals surface area contributed by atoms with Gasteiger partial charge in [0.1, 0.15) is 5.60 Å². The van der Waals surface area contributed by atoms with E-state index >= 15 is 4.79 Å². The molecule has 1 heterocycles. The number of rotatable bonds is 7. The van der Waals surface area contributed by atoms with Crippen LogP contribution in [0, 0.1) is 90.7 Å². The first-order valence-corrected chi connectivity index (χ1v) is 25.3. The highest BCUT2D eigenvalue weighted by Crippen LogP contribution is 2.80. The molecule has 8 heteroatoms. The third-order valence-electron chi connectivity index (χ3n) is 22.3. The minimum Gasteiger partial charge on any atom is -0.481 e. The molecule has 8 fully saturated rings. The van der Waals surface area contributed by atoms with Gasteiger partial charge in [0.05, 0.1) is 16.7 Å². The Hall–Kier alpha value is -2.38. The van der Waals surface area contributed by atoms with E-state index in [0.717, 1.165) is 96.6 Å². The summed E-state index contributed by atoms with van der Waals surface area (Å²) in [5.74, 6) is 0.924. The first-order chi connectivity index (χ1) is 28.6. The Morgan fingerprint density at radius 2 is 1.37 bits per heavy atom. The molecule has 8 aliphatic rings.